The van der Waals surface area contributed by atoms with Crippen molar-refractivity contribution in [1.82, 2.24) is 0 Å². The van der Waals surface area contributed by atoms with Crippen molar-refractivity contribution in [1.29, 1.82) is 0 Å². The Kier molecular flexibility index (Phi) is 10.7. The lowest BCUT2D eigenvalue weighted by Crippen LogP contribution is -2.01. The monoisotopic (exact) mass is 159 g/mol. The maximum absolute atomic E-state index is 9.97. The van der Waals surface area contributed by atoms with E-state index in [2.05, 4.69) is 13.8 Å². The summed E-state index contributed by atoms with van der Waals surface area (Å²) in [5.74, 6) is -0.907. The largest absolute Gasteiger partial charge is 0.478 e. The van der Waals surface area contributed by atoms with Gasteiger partial charge in [0.25, 0.3) is 0 Å². The van der Waals surface area contributed by atoms with Gasteiger partial charge in [0, 0.05) is 12.1 Å². The van der Waals surface area contributed by atoms with Crippen LogP contribution in [0.4, 0.5) is 0 Å². The van der Waals surface area contributed by atoms with Crippen molar-refractivity contribution < 1.29 is 9.90 Å². The van der Waals surface area contributed by atoms with Gasteiger partial charge in [-0.3, -0.25) is 0 Å². The van der Waals surface area contributed by atoms with E-state index in [9.17, 15) is 4.79 Å². The molecule has 0 aliphatic rings. The summed E-state index contributed by atoms with van der Waals surface area (Å²) in [5, 5.41) is 8.19. The molecule has 0 bridgehead atoms. The Morgan fingerprint density at radius 1 is 1.55 bits per heavy atom. The smallest absolute Gasteiger partial charge is 0.330 e. The average Bonchev–Trinajstić information content (AvgIpc) is 1.90. The Morgan fingerprint density at radius 2 is 1.91 bits per heavy atom. The van der Waals surface area contributed by atoms with Gasteiger partial charge in [-0.1, -0.05) is 26.3 Å². The van der Waals surface area contributed by atoms with Gasteiger partial charge in [-0.25, -0.2) is 4.79 Å². The molecular weight excluding hydrogens is 142 g/mol. The zero-order valence-corrected chi connectivity index (χ0v) is 7.42. The molecule has 0 aromatic heterocycles. The number of nitrogens with two attached hydrogens (primary N) is 1. The van der Waals surface area contributed by atoms with Gasteiger partial charge < -0.3 is 10.8 Å². The molecule has 0 saturated heterocycles. The van der Waals surface area contributed by atoms with Crippen LogP contribution in [0.1, 0.15) is 27.2 Å². The third-order valence-electron chi connectivity index (χ3n) is 0.761. The predicted molar refractivity (Wildman–Crippen MR) is 46.4 cm³/mol. The molecule has 0 amide bonds. The van der Waals surface area contributed by atoms with Crippen molar-refractivity contribution in [3.63, 3.8) is 0 Å². The lowest BCUT2D eigenvalue weighted by atomic mass is 10.3. The van der Waals surface area contributed by atoms with E-state index in [-0.39, 0.29) is 6.54 Å². The van der Waals surface area contributed by atoms with Gasteiger partial charge in [-0.2, -0.15) is 0 Å². The molecule has 66 valence electrons. The molecule has 3 nitrogen and oxygen atoms in total. The Bertz CT molecular complexity index is 130. The zero-order chi connectivity index (χ0) is 9.28. The predicted octanol–water partition coefficient (Wildman–Crippen LogP) is 1.39. The van der Waals surface area contributed by atoms with Crippen LogP contribution in [0.5, 0.6) is 0 Å². The highest BCUT2D eigenvalue weighted by Gasteiger charge is 1.95. The van der Waals surface area contributed by atoms with Crippen LogP contribution in [0, 0.1) is 0 Å². The van der Waals surface area contributed by atoms with Gasteiger partial charge in [-0.05, 0) is 6.92 Å². The minimum absolute atomic E-state index is 0.290. The van der Waals surface area contributed by atoms with E-state index in [0.29, 0.717) is 5.57 Å². The molecule has 0 aliphatic carbocycles. The van der Waals surface area contributed by atoms with Crippen LogP contribution in [-0.4, -0.2) is 17.6 Å². The number of rotatable bonds is 2. The van der Waals surface area contributed by atoms with Crippen LogP contribution in [0.3, 0.4) is 0 Å². The van der Waals surface area contributed by atoms with Crippen LogP contribution in [0.15, 0.2) is 11.6 Å². The second-order valence-electron chi connectivity index (χ2n) is 2.14. The first kappa shape index (κ1) is 12.8. The zero-order valence-electron chi connectivity index (χ0n) is 7.42. The van der Waals surface area contributed by atoms with Gasteiger partial charge in [0.05, 0.1) is 0 Å². The van der Waals surface area contributed by atoms with E-state index < -0.39 is 5.97 Å². The summed E-state index contributed by atoms with van der Waals surface area (Å²) in [5.41, 5.74) is 5.33. The highest BCUT2D eigenvalue weighted by Crippen LogP contribution is 1.87. The van der Waals surface area contributed by atoms with Crippen molar-refractivity contribution in [2.45, 2.75) is 27.2 Å². The molecule has 0 unspecified atom stereocenters. The fourth-order valence-corrected chi connectivity index (χ4v) is 0.264. The summed E-state index contributed by atoms with van der Waals surface area (Å²) in [4.78, 5) is 9.97. The van der Waals surface area contributed by atoms with Crippen molar-refractivity contribution in [2.75, 3.05) is 6.54 Å². The molecular formula is C8H17NO2. The van der Waals surface area contributed by atoms with Crippen molar-refractivity contribution in [2.24, 2.45) is 5.73 Å². The van der Waals surface area contributed by atoms with E-state index in [1.165, 1.54) is 19.4 Å². The van der Waals surface area contributed by atoms with E-state index >= 15 is 0 Å². The van der Waals surface area contributed by atoms with Gasteiger partial charge >= 0.3 is 5.97 Å². The maximum Gasteiger partial charge on any atom is 0.330 e. The summed E-state index contributed by atoms with van der Waals surface area (Å²) in [7, 11) is 0. The van der Waals surface area contributed by atoms with Gasteiger partial charge in [0.1, 0.15) is 0 Å². The molecule has 0 aromatic rings. The Morgan fingerprint density at radius 3 is 2.00 bits per heavy atom. The summed E-state index contributed by atoms with van der Waals surface area (Å²) < 4.78 is 0. The second kappa shape index (κ2) is 9.17. The molecule has 0 rings (SSSR count). The Labute approximate surface area is 67.9 Å². The lowest BCUT2D eigenvalue weighted by Gasteiger charge is -1.87. The van der Waals surface area contributed by atoms with Crippen molar-refractivity contribution in [3.8, 4) is 0 Å². The van der Waals surface area contributed by atoms with E-state index in [0.717, 1.165) is 0 Å². The van der Waals surface area contributed by atoms with Crippen LogP contribution >= 0.6 is 0 Å². The first-order valence-corrected chi connectivity index (χ1v) is 3.70. The third-order valence-corrected chi connectivity index (χ3v) is 0.761. The quantitative estimate of drug-likeness (QED) is 0.598. The molecule has 0 atom stereocenters. The molecule has 3 N–H and O–H groups in total. The van der Waals surface area contributed by atoms with Crippen molar-refractivity contribution in [3.05, 3.63) is 11.6 Å². The molecule has 0 heterocycles. The standard InChI is InChI=1S/C5H9NO2.C3H8/c1-4(2-3-6)5(7)8;1-3-2/h2H,3,6H2,1H3,(H,7,8);3H2,1-2H3/b4-2+;. The van der Waals surface area contributed by atoms with Gasteiger partial charge in [-0.15, -0.1) is 0 Å². The SMILES string of the molecule is C/C(=C\CN)C(=O)O.CCC. The van der Waals surface area contributed by atoms with E-state index in [4.69, 9.17) is 10.8 Å². The second-order valence-corrected chi connectivity index (χ2v) is 2.14. The lowest BCUT2D eigenvalue weighted by molar-refractivity contribution is -0.132. The number of carbonyl (C=O) groups is 1. The Balaban J connectivity index is 0. The molecule has 0 aliphatic heterocycles. The minimum Gasteiger partial charge on any atom is -0.478 e. The first-order valence-electron chi connectivity index (χ1n) is 3.70. The van der Waals surface area contributed by atoms with Crippen LogP contribution in [-0.2, 0) is 4.79 Å². The maximum atomic E-state index is 9.97. The van der Waals surface area contributed by atoms with Gasteiger partial charge in [0.2, 0.25) is 0 Å². The van der Waals surface area contributed by atoms with Crippen molar-refractivity contribution >= 4 is 5.97 Å². The number of hydrogen-bond acceptors (Lipinski definition) is 2. The van der Waals surface area contributed by atoms with E-state index in [1.807, 2.05) is 0 Å². The number of carboxylic acid groups (broad SMARTS) is 1. The molecule has 0 fully saturated rings. The fraction of sp³-hybridized carbons (Fsp3) is 0.625. The highest BCUT2D eigenvalue weighted by molar-refractivity contribution is 5.85. The highest BCUT2D eigenvalue weighted by atomic mass is 16.4. The number of aliphatic carboxylic acids is 1. The Hall–Kier alpha value is -0.830. The molecule has 0 radical (unpaired) electrons. The van der Waals surface area contributed by atoms with Crippen LogP contribution in [0.2, 0.25) is 0 Å². The molecule has 0 saturated carbocycles. The van der Waals surface area contributed by atoms with Gasteiger partial charge in [0.15, 0.2) is 0 Å². The average molecular weight is 159 g/mol. The number of carboxylic acids is 1. The summed E-state index contributed by atoms with van der Waals surface area (Å²) in [6, 6.07) is 0. The van der Waals surface area contributed by atoms with E-state index in [1.54, 1.807) is 0 Å². The van der Waals surface area contributed by atoms with Crippen LogP contribution in [0.25, 0.3) is 0 Å². The third kappa shape index (κ3) is 12.4. The summed E-state index contributed by atoms with van der Waals surface area (Å²) in [6.07, 6.45) is 2.71. The molecule has 11 heavy (non-hydrogen) atoms. The van der Waals surface area contributed by atoms with Crippen LogP contribution < -0.4 is 5.73 Å². The first-order chi connectivity index (χ1) is 5.09. The fourth-order valence-electron chi connectivity index (χ4n) is 0.264. The topological polar surface area (TPSA) is 63.3 Å². The molecule has 0 aromatic carbocycles. The molecule has 3 heteroatoms. The summed E-state index contributed by atoms with van der Waals surface area (Å²) in [6.45, 7) is 6.05. The molecule has 0 spiro atoms. The number of hydrogen-bond donors (Lipinski definition) is 2. The normalized spacial score (nSPS) is 10.0. The summed E-state index contributed by atoms with van der Waals surface area (Å²) >= 11 is 0. The minimum atomic E-state index is -0.907.